The number of thiophene rings is 1. The molecule has 27 heavy (non-hydrogen) atoms. The Morgan fingerprint density at radius 1 is 1.19 bits per heavy atom. The van der Waals surface area contributed by atoms with Crippen LogP contribution in [0.25, 0.3) is 0 Å². The minimum Gasteiger partial charge on any atom is -0.351 e. The van der Waals surface area contributed by atoms with Gasteiger partial charge >= 0.3 is 0 Å². The molecular formula is C21H30N3O2S+. The van der Waals surface area contributed by atoms with Gasteiger partial charge in [0, 0.05) is 17.1 Å². The van der Waals surface area contributed by atoms with Crippen LogP contribution in [0.1, 0.15) is 28.5 Å². The summed E-state index contributed by atoms with van der Waals surface area (Å²) < 4.78 is 0. The van der Waals surface area contributed by atoms with E-state index in [1.165, 1.54) is 10.4 Å². The van der Waals surface area contributed by atoms with Crippen molar-refractivity contribution < 1.29 is 14.5 Å². The fourth-order valence-corrected chi connectivity index (χ4v) is 3.82. The fraction of sp³-hybridized carbons (Fsp3) is 0.429. The number of nitrogens with one attached hydrogen (secondary N) is 3. The van der Waals surface area contributed by atoms with Gasteiger partial charge in [0.05, 0.1) is 7.05 Å². The van der Waals surface area contributed by atoms with Crippen LogP contribution in [0.5, 0.6) is 0 Å². The number of hydrogen-bond acceptors (Lipinski definition) is 3. The van der Waals surface area contributed by atoms with Crippen LogP contribution in [-0.4, -0.2) is 38.0 Å². The Kier molecular flexibility index (Phi) is 7.56. The van der Waals surface area contributed by atoms with Crippen molar-refractivity contribution in [1.82, 2.24) is 5.32 Å². The number of carbonyl (C=O) groups is 2. The van der Waals surface area contributed by atoms with E-state index in [1.807, 2.05) is 46.2 Å². The molecule has 0 aliphatic heterocycles. The highest BCUT2D eigenvalue weighted by Crippen LogP contribution is 2.21. The third kappa shape index (κ3) is 6.19. The monoisotopic (exact) mass is 388 g/mol. The van der Waals surface area contributed by atoms with E-state index in [9.17, 15) is 9.59 Å². The smallest absolute Gasteiger partial charge is 0.279 e. The van der Waals surface area contributed by atoms with Crippen molar-refractivity contribution in [1.29, 1.82) is 0 Å². The number of likely N-dealkylation sites (N-methyl/N-ethyl adjacent to an activating group) is 1. The van der Waals surface area contributed by atoms with Crippen LogP contribution in [-0.2, 0) is 16.0 Å². The third-order valence-electron chi connectivity index (χ3n) is 4.76. The first-order valence-electron chi connectivity index (χ1n) is 9.28. The van der Waals surface area contributed by atoms with Crippen LogP contribution in [0.3, 0.4) is 0 Å². The van der Waals surface area contributed by atoms with Crippen LogP contribution >= 0.6 is 11.3 Å². The summed E-state index contributed by atoms with van der Waals surface area (Å²) >= 11 is 1.69. The summed E-state index contributed by atoms with van der Waals surface area (Å²) in [4.78, 5) is 26.9. The van der Waals surface area contributed by atoms with E-state index < -0.39 is 0 Å². The molecule has 0 saturated heterocycles. The van der Waals surface area contributed by atoms with Crippen molar-refractivity contribution in [3.05, 3.63) is 51.2 Å². The van der Waals surface area contributed by atoms with Gasteiger partial charge in [-0.25, -0.2) is 0 Å². The molecule has 1 aromatic carbocycles. The number of quaternary nitrogens is 1. The van der Waals surface area contributed by atoms with E-state index in [4.69, 9.17) is 0 Å². The first-order chi connectivity index (χ1) is 12.8. The summed E-state index contributed by atoms with van der Waals surface area (Å²) in [5.41, 5.74) is 4.15. The average Bonchev–Trinajstić information content (AvgIpc) is 3.10. The van der Waals surface area contributed by atoms with Crippen LogP contribution in [0.2, 0.25) is 0 Å². The Balaban J connectivity index is 1.83. The Labute approximate surface area is 165 Å². The number of aryl methyl sites for hydroxylation is 3. The van der Waals surface area contributed by atoms with Crippen molar-refractivity contribution in [2.75, 3.05) is 25.5 Å². The number of rotatable bonds is 8. The SMILES string of the molecule is Cc1cc(C)c(NC(=O)C[NH+](C)[C@H](C)C(=O)NCCc2cccs2)c(C)c1. The Bertz CT molecular complexity index is 764. The lowest BCUT2D eigenvalue weighted by Gasteiger charge is -2.21. The fourth-order valence-electron chi connectivity index (χ4n) is 3.11. The highest BCUT2D eigenvalue weighted by atomic mass is 32.1. The second-order valence-electron chi connectivity index (χ2n) is 7.19. The highest BCUT2D eigenvalue weighted by Gasteiger charge is 2.24. The zero-order chi connectivity index (χ0) is 20.0. The van der Waals surface area contributed by atoms with Crippen molar-refractivity contribution in [2.24, 2.45) is 0 Å². The predicted molar refractivity (Wildman–Crippen MR) is 112 cm³/mol. The molecule has 2 atom stereocenters. The summed E-state index contributed by atoms with van der Waals surface area (Å²) in [7, 11) is 1.87. The molecule has 0 radical (unpaired) electrons. The Hall–Kier alpha value is -2.18. The van der Waals surface area contributed by atoms with Gasteiger partial charge < -0.3 is 15.5 Å². The maximum Gasteiger partial charge on any atom is 0.279 e. The highest BCUT2D eigenvalue weighted by molar-refractivity contribution is 7.09. The van der Waals surface area contributed by atoms with E-state index in [1.54, 1.807) is 11.3 Å². The molecule has 1 aromatic heterocycles. The largest absolute Gasteiger partial charge is 0.351 e. The molecule has 1 unspecified atom stereocenters. The lowest BCUT2D eigenvalue weighted by Crippen LogP contribution is -3.15. The van der Waals surface area contributed by atoms with Gasteiger partial charge in [-0.3, -0.25) is 9.59 Å². The van der Waals surface area contributed by atoms with Gasteiger partial charge in [-0.2, -0.15) is 0 Å². The molecule has 0 spiro atoms. The zero-order valence-electron chi connectivity index (χ0n) is 16.8. The molecule has 146 valence electrons. The summed E-state index contributed by atoms with van der Waals surface area (Å²) in [5, 5.41) is 8.00. The van der Waals surface area contributed by atoms with Crippen LogP contribution < -0.4 is 15.5 Å². The van der Waals surface area contributed by atoms with Gasteiger partial charge in [-0.15, -0.1) is 11.3 Å². The van der Waals surface area contributed by atoms with Gasteiger partial charge in [0.15, 0.2) is 12.6 Å². The molecule has 2 rings (SSSR count). The number of benzene rings is 1. The Morgan fingerprint density at radius 3 is 2.44 bits per heavy atom. The minimum absolute atomic E-state index is 0.0282. The second kappa shape index (κ2) is 9.67. The van der Waals surface area contributed by atoms with E-state index in [2.05, 4.69) is 28.8 Å². The predicted octanol–water partition coefficient (Wildman–Crippen LogP) is 1.87. The molecule has 0 aliphatic rings. The van der Waals surface area contributed by atoms with E-state index in [0.717, 1.165) is 28.1 Å². The lowest BCUT2D eigenvalue weighted by molar-refractivity contribution is -0.885. The molecule has 5 nitrogen and oxygen atoms in total. The van der Waals surface area contributed by atoms with Gasteiger partial charge in [-0.05, 0) is 56.7 Å². The van der Waals surface area contributed by atoms with E-state index >= 15 is 0 Å². The molecular weight excluding hydrogens is 358 g/mol. The van der Waals surface area contributed by atoms with Crippen molar-refractivity contribution in [3.8, 4) is 0 Å². The molecule has 0 saturated carbocycles. The van der Waals surface area contributed by atoms with Crippen LogP contribution in [0.4, 0.5) is 5.69 Å². The average molecular weight is 389 g/mol. The second-order valence-corrected chi connectivity index (χ2v) is 8.22. The van der Waals surface area contributed by atoms with Crippen molar-refractivity contribution in [2.45, 2.75) is 40.2 Å². The Morgan fingerprint density at radius 2 is 1.85 bits per heavy atom. The number of carbonyl (C=O) groups excluding carboxylic acids is 2. The normalized spacial score (nSPS) is 13.1. The topological polar surface area (TPSA) is 62.6 Å². The first-order valence-corrected chi connectivity index (χ1v) is 10.2. The van der Waals surface area contributed by atoms with Gasteiger partial charge in [0.1, 0.15) is 0 Å². The van der Waals surface area contributed by atoms with E-state index in [-0.39, 0.29) is 24.4 Å². The zero-order valence-corrected chi connectivity index (χ0v) is 17.6. The maximum absolute atomic E-state index is 12.4. The molecule has 0 aliphatic carbocycles. The molecule has 2 aromatic rings. The molecule has 0 fully saturated rings. The molecule has 1 heterocycles. The maximum atomic E-state index is 12.4. The quantitative estimate of drug-likeness (QED) is 0.647. The molecule has 2 amide bonds. The molecule has 6 heteroatoms. The van der Waals surface area contributed by atoms with Crippen molar-refractivity contribution in [3.63, 3.8) is 0 Å². The number of amides is 2. The standard InChI is InChI=1S/C21H29N3O2S/c1-14-11-15(2)20(16(3)12-14)23-19(25)13-24(5)17(4)21(26)22-9-8-18-7-6-10-27-18/h6-7,10-12,17H,8-9,13H2,1-5H3,(H,22,26)(H,23,25)/p+1/t17-/m1/s1. The number of hydrogen-bond donors (Lipinski definition) is 3. The van der Waals surface area contributed by atoms with Gasteiger partial charge in [0.25, 0.3) is 11.8 Å². The summed E-state index contributed by atoms with van der Waals surface area (Å²) in [5.74, 6) is -0.111. The summed E-state index contributed by atoms with van der Waals surface area (Å²) in [6.45, 7) is 8.75. The summed E-state index contributed by atoms with van der Waals surface area (Å²) in [6.07, 6.45) is 0.835. The first kappa shape index (κ1) is 21.1. The van der Waals surface area contributed by atoms with E-state index in [0.29, 0.717) is 6.54 Å². The summed E-state index contributed by atoms with van der Waals surface area (Å²) in [6, 6.07) is 7.90. The minimum atomic E-state index is -0.292. The van der Waals surface area contributed by atoms with Crippen LogP contribution in [0.15, 0.2) is 29.6 Å². The third-order valence-corrected chi connectivity index (χ3v) is 5.70. The van der Waals surface area contributed by atoms with Gasteiger partial charge in [-0.1, -0.05) is 23.8 Å². The van der Waals surface area contributed by atoms with Gasteiger partial charge in [0.2, 0.25) is 0 Å². The molecule has 0 bridgehead atoms. The van der Waals surface area contributed by atoms with Crippen LogP contribution in [0, 0.1) is 20.8 Å². The molecule has 3 N–H and O–H groups in total. The van der Waals surface area contributed by atoms with Crippen molar-refractivity contribution >= 4 is 28.8 Å². The number of anilines is 1. The lowest BCUT2D eigenvalue weighted by atomic mass is 10.1.